The van der Waals surface area contributed by atoms with E-state index in [0.717, 1.165) is 5.56 Å². The van der Waals surface area contributed by atoms with Crippen molar-refractivity contribution >= 4 is 11.8 Å². The van der Waals surface area contributed by atoms with Crippen molar-refractivity contribution in [3.63, 3.8) is 0 Å². The van der Waals surface area contributed by atoms with Crippen molar-refractivity contribution in [3.05, 3.63) is 35.4 Å². The molecule has 24 heavy (non-hydrogen) atoms. The van der Waals surface area contributed by atoms with E-state index in [1.165, 1.54) is 5.56 Å². The Morgan fingerprint density at radius 1 is 1.04 bits per heavy atom. The lowest BCUT2D eigenvalue weighted by Gasteiger charge is -2.25. The van der Waals surface area contributed by atoms with Crippen molar-refractivity contribution in [1.29, 1.82) is 0 Å². The summed E-state index contributed by atoms with van der Waals surface area (Å²) in [7, 11) is 1.76. The van der Waals surface area contributed by atoms with Crippen LogP contribution in [0, 0.1) is 5.41 Å². The summed E-state index contributed by atoms with van der Waals surface area (Å²) in [6.45, 7) is 14.3. The van der Waals surface area contributed by atoms with Gasteiger partial charge in [-0.05, 0) is 23.5 Å². The van der Waals surface area contributed by atoms with Crippen molar-refractivity contribution in [2.24, 2.45) is 5.41 Å². The van der Waals surface area contributed by atoms with Crippen molar-refractivity contribution in [2.75, 3.05) is 7.05 Å². The highest BCUT2D eigenvalue weighted by atomic mass is 16.2. The lowest BCUT2D eigenvalue weighted by Crippen LogP contribution is -2.48. The van der Waals surface area contributed by atoms with Crippen molar-refractivity contribution in [2.45, 2.75) is 66.5 Å². The average Bonchev–Trinajstić information content (AvgIpc) is 2.44. The van der Waals surface area contributed by atoms with E-state index in [1.807, 2.05) is 20.8 Å². The van der Waals surface area contributed by atoms with Crippen LogP contribution in [0.15, 0.2) is 24.3 Å². The van der Waals surface area contributed by atoms with E-state index in [9.17, 15) is 9.59 Å². The van der Waals surface area contributed by atoms with E-state index < -0.39 is 11.5 Å². The van der Waals surface area contributed by atoms with Crippen LogP contribution in [0.25, 0.3) is 0 Å². The molecule has 0 heterocycles. The molecule has 134 valence electrons. The van der Waals surface area contributed by atoms with E-state index in [1.54, 1.807) is 18.9 Å². The average molecular weight is 332 g/mol. The number of amides is 2. The minimum Gasteiger partial charge on any atom is -0.344 e. The third-order valence-corrected chi connectivity index (χ3v) is 4.02. The maximum Gasteiger partial charge on any atom is 0.244 e. The summed E-state index contributed by atoms with van der Waals surface area (Å²) < 4.78 is 0. The zero-order valence-corrected chi connectivity index (χ0v) is 16.4. The Balaban J connectivity index is 2.68. The third-order valence-electron chi connectivity index (χ3n) is 4.02. The van der Waals surface area contributed by atoms with Crippen molar-refractivity contribution in [3.8, 4) is 0 Å². The molecule has 1 unspecified atom stereocenters. The second-order valence-corrected chi connectivity index (χ2v) is 8.59. The van der Waals surface area contributed by atoms with E-state index in [0.29, 0.717) is 6.54 Å². The van der Waals surface area contributed by atoms with Crippen LogP contribution >= 0.6 is 0 Å². The molecular formula is C20H32N2O2. The summed E-state index contributed by atoms with van der Waals surface area (Å²) in [6.07, 6.45) is 0. The first-order chi connectivity index (χ1) is 10.8. The van der Waals surface area contributed by atoms with Gasteiger partial charge in [0, 0.05) is 19.0 Å². The first kappa shape index (κ1) is 20.2. The Kier molecular flexibility index (Phi) is 6.20. The molecule has 0 aliphatic rings. The van der Waals surface area contributed by atoms with Crippen LogP contribution in [-0.2, 0) is 21.5 Å². The van der Waals surface area contributed by atoms with Crippen molar-refractivity contribution < 1.29 is 9.59 Å². The summed E-state index contributed by atoms with van der Waals surface area (Å²) >= 11 is 0. The van der Waals surface area contributed by atoms with Gasteiger partial charge in [-0.3, -0.25) is 9.59 Å². The monoisotopic (exact) mass is 332 g/mol. The predicted molar refractivity (Wildman–Crippen MR) is 98.7 cm³/mol. The quantitative estimate of drug-likeness (QED) is 0.917. The van der Waals surface area contributed by atoms with Gasteiger partial charge in [0.25, 0.3) is 0 Å². The fourth-order valence-corrected chi connectivity index (χ4v) is 2.27. The van der Waals surface area contributed by atoms with Crippen LogP contribution in [0.5, 0.6) is 0 Å². The largest absolute Gasteiger partial charge is 0.344 e. The zero-order valence-electron chi connectivity index (χ0n) is 16.4. The van der Waals surface area contributed by atoms with Gasteiger partial charge in [-0.25, -0.2) is 0 Å². The minimum atomic E-state index is -0.532. The van der Waals surface area contributed by atoms with Crippen LogP contribution in [0.1, 0.15) is 59.6 Å². The highest BCUT2D eigenvalue weighted by molar-refractivity contribution is 5.89. The van der Waals surface area contributed by atoms with E-state index in [2.05, 4.69) is 50.4 Å². The smallest absolute Gasteiger partial charge is 0.244 e. The first-order valence-electron chi connectivity index (χ1n) is 8.47. The molecule has 2 amide bonds. The summed E-state index contributed by atoms with van der Waals surface area (Å²) in [5.41, 5.74) is 1.96. The fraction of sp³-hybridized carbons (Fsp3) is 0.600. The maximum absolute atomic E-state index is 12.4. The standard InChI is InChI=1S/C20H32N2O2/c1-14(21-18(24)20(5,6)7)17(23)22(8)13-15-9-11-16(12-10-15)19(2,3)4/h9-12,14H,13H2,1-8H3,(H,21,24). The zero-order chi connectivity index (χ0) is 18.7. The Labute approximate surface area is 146 Å². The summed E-state index contributed by atoms with van der Waals surface area (Å²) in [4.78, 5) is 26.1. The fourth-order valence-electron chi connectivity index (χ4n) is 2.27. The molecule has 0 saturated carbocycles. The maximum atomic E-state index is 12.4. The molecule has 0 aliphatic carbocycles. The van der Waals surface area contributed by atoms with Crippen LogP contribution in [0.4, 0.5) is 0 Å². The van der Waals surface area contributed by atoms with Crippen LogP contribution < -0.4 is 5.32 Å². The third kappa shape index (κ3) is 5.66. The van der Waals surface area contributed by atoms with Gasteiger partial charge in [-0.1, -0.05) is 65.8 Å². The van der Waals surface area contributed by atoms with Crippen LogP contribution in [0.3, 0.4) is 0 Å². The van der Waals surface area contributed by atoms with Gasteiger partial charge in [0.1, 0.15) is 6.04 Å². The number of nitrogens with zero attached hydrogens (tertiary/aromatic N) is 1. The van der Waals surface area contributed by atoms with E-state index in [-0.39, 0.29) is 17.2 Å². The SMILES string of the molecule is CC(NC(=O)C(C)(C)C)C(=O)N(C)Cc1ccc(C(C)(C)C)cc1. The summed E-state index contributed by atoms with van der Waals surface area (Å²) in [6, 6.07) is 7.80. The Hall–Kier alpha value is -1.84. The van der Waals surface area contributed by atoms with Gasteiger partial charge in [0.05, 0.1) is 0 Å². The van der Waals surface area contributed by atoms with Gasteiger partial charge >= 0.3 is 0 Å². The number of rotatable bonds is 4. The molecule has 0 fully saturated rings. The molecule has 1 atom stereocenters. The van der Waals surface area contributed by atoms with Crippen LogP contribution in [0.2, 0.25) is 0 Å². The second kappa shape index (κ2) is 7.37. The molecule has 4 nitrogen and oxygen atoms in total. The topological polar surface area (TPSA) is 49.4 Å². The molecular weight excluding hydrogens is 300 g/mol. The minimum absolute atomic E-state index is 0.0903. The predicted octanol–water partition coefficient (Wildman–Crippen LogP) is 3.49. The van der Waals surface area contributed by atoms with Gasteiger partial charge in [0.15, 0.2) is 0 Å². The number of nitrogens with one attached hydrogen (secondary N) is 1. The highest BCUT2D eigenvalue weighted by Crippen LogP contribution is 2.22. The molecule has 0 spiro atoms. The lowest BCUT2D eigenvalue weighted by atomic mass is 9.87. The first-order valence-corrected chi connectivity index (χ1v) is 8.47. The highest BCUT2D eigenvalue weighted by Gasteiger charge is 2.26. The number of carbonyl (C=O) groups is 2. The Bertz CT molecular complexity index is 577. The van der Waals surface area contributed by atoms with Gasteiger partial charge in [0.2, 0.25) is 11.8 Å². The molecule has 0 radical (unpaired) electrons. The molecule has 1 N–H and O–H groups in total. The van der Waals surface area contributed by atoms with E-state index in [4.69, 9.17) is 0 Å². The molecule has 1 aromatic carbocycles. The molecule has 4 heteroatoms. The number of carbonyl (C=O) groups excluding carboxylic acids is 2. The number of likely N-dealkylation sites (N-methyl/N-ethyl adjacent to an activating group) is 1. The molecule has 1 rings (SSSR count). The summed E-state index contributed by atoms with van der Waals surface area (Å²) in [5, 5.41) is 2.79. The molecule has 0 aromatic heterocycles. The van der Waals surface area contributed by atoms with Crippen LogP contribution in [-0.4, -0.2) is 29.8 Å². The molecule has 0 bridgehead atoms. The van der Waals surface area contributed by atoms with Crippen molar-refractivity contribution in [1.82, 2.24) is 10.2 Å². The summed E-state index contributed by atoms with van der Waals surface area (Å²) in [5.74, 6) is -0.209. The number of hydrogen-bond acceptors (Lipinski definition) is 2. The molecule has 1 aromatic rings. The second-order valence-electron chi connectivity index (χ2n) is 8.59. The molecule has 0 aliphatic heterocycles. The Morgan fingerprint density at radius 3 is 1.96 bits per heavy atom. The van der Waals surface area contributed by atoms with Gasteiger partial charge in [-0.2, -0.15) is 0 Å². The lowest BCUT2D eigenvalue weighted by molar-refractivity contribution is -0.137. The van der Waals surface area contributed by atoms with Gasteiger partial charge < -0.3 is 10.2 Å². The number of benzene rings is 1. The normalized spacial score (nSPS) is 13.3. The molecule has 0 saturated heterocycles. The Morgan fingerprint density at radius 2 is 1.54 bits per heavy atom. The van der Waals surface area contributed by atoms with Gasteiger partial charge in [-0.15, -0.1) is 0 Å². The van der Waals surface area contributed by atoms with E-state index >= 15 is 0 Å². The number of hydrogen-bond donors (Lipinski definition) is 1.